The van der Waals surface area contributed by atoms with E-state index in [-0.39, 0.29) is 12.3 Å². The zero-order valence-electron chi connectivity index (χ0n) is 14.1. The number of hydroxylamine groups is 2. The van der Waals surface area contributed by atoms with Crippen molar-refractivity contribution in [1.82, 2.24) is 5.06 Å². The molecule has 7 heteroatoms. The van der Waals surface area contributed by atoms with Crippen LogP contribution >= 0.6 is 0 Å². The lowest BCUT2D eigenvalue weighted by molar-refractivity contribution is -0.0656. The summed E-state index contributed by atoms with van der Waals surface area (Å²) in [6.07, 6.45) is -0.521. The molecule has 25 heavy (non-hydrogen) atoms. The number of hydrogen-bond acceptors (Lipinski definition) is 6. The largest absolute Gasteiger partial charge is 0.497 e. The molecule has 2 aliphatic rings. The quantitative estimate of drug-likeness (QED) is 0.852. The summed E-state index contributed by atoms with van der Waals surface area (Å²) in [6.45, 7) is 1.18. The van der Waals surface area contributed by atoms with Gasteiger partial charge in [0, 0.05) is 11.4 Å². The molecule has 0 aliphatic carbocycles. The lowest BCUT2D eigenvalue weighted by Crippen LogP contribution is -2.38. The third-order valence-electron chi connectivity index (χ3n) is 4.50. The number of methoxy groups -OCH3 is 2. The van der Waals surface area contributed by atoms with Crippen LogP contribution in [0.4, 0.5) is 16.2 Å². The Bertz CT molecular complexity index is 763. The van der Waals surface area contributed by atoms with E-state index in [1.165, 1.54) is 0 Å². The molecule has 2 saturated heterocycles. The molecule has 1 amide bonds. The number of rotatable bonds is 4. The molecule has 0 aromatic heterocycles. The molecule has 1 unspecified atom stereocenters. The van der Waals surface area contributed by atoms with Crippen LogP contribution in [-0.4, -0.2) is 44.8 Å². The number of carbonyl (C=O) groups is 1. The van der Waals surface area contributed by atoms with Crippen molar-refractivity contribution in [2.24, 2.45) is 0 Å². The van der Waals surface area contributed by atoms with Gasteiger partial charge in [0.05, 0.1) is 20.8 Å². The highest BCUT2D eigenvalue weighted by Gasteiger charge is 2.47. The van der Waals surface area contributed by atoms with Crippen molar-refractivity contribution >= 4 is 17.5 Å². The maximum Gasteiger partial charge on any atom is 0.435 e. The van der Waals surface area contributed by atoms with Crippen LogP contribution in [0, 0.1) is 0 Å². The number of amides is 1. The summed E-state index contributed by atoms with van der Waals surface area (Å²) < 4.78 is 10.4. The van der Waals surface area contributed by atoms with Crippen molar-refractivity contribution in [3.8, 4) is 11.5 Å². The van der Waals surface area contributed by atoms with Crippen LogP contribution in [0.3, 0.4) is 0 Å². The van der Waals surface area contributed by atoms with E-state index in [1.54, 1.807) is 24.2 Å². The molecular formula is C18H19N3O4. The fourth-order valence-electron chi connectivity index (χ4n) is 3.17. The van der Waals surface area contributed by atoms with Gasteiger partial charge >= 0.3 is 6.09 Å². The predicted octanol–water partition coefficient (Wildman–Crippen LogP) is 2.68. The van der Waals surface area contributed by atoms with Crippen LogP contribution in [-0.2, 0) is 4.84 Å². The highest BCUT2D eigenvalue weighted by Crippen LogP contribution is 2.33. The highest BCUT2D eigenvalue weighted by atomic mass is 16.7. The summed E-state index contributed by atoms with van der Waals surface area (Å²) in [6, 6.07) is 15.2. The van der Waals surface area contributed by atoms with Crippen molar-refractivity contribution in [3.63, 3.8) is 0 Å². The van der Waals surface area contributed by atoms with E-state index in [1.807, 2.05) is 48.5 Å². The Morgan fingerprint density at radius 2 is 1.48 bits per heavy atom. The van der Waals surface area contributed by atoms with Crippen molar-refractivity contribution in [1.29, 1.82) is 0 Å². The van der Waals surface area contributed by atoms with E-state index in [0.717, 1.165) is 22.9 Å². The number of carbonyl (C=O) groups excluding carboxylic acids is 1. The van der Waals surface area contributed by atoms with E-state index in [2.05, 4.69) is 4.90 Å². The van der Waals surface area contributed by atoms with Gasteiger partial charge in [-0.05, 0) is 48.5 Å². The Morgan fingerprint density at radius 3 is 2.04 bits per heavy atom. The molecule has 0 N–H and O–H groups in total. The van der Waals surface area contributed by atoms with Gasteiger partial charge in [-0.3, -0.25) is 4.90 Å². The topological polar surface area (TPSA) is 54.5 Å². The Hall–Kier alpha value is -2.93. The minimum Gasteiger partial charge on any atom is -0.497 e. The SMILES string of the molecule is COc1ccc(N2CC3N(C2)OC(=O)N3c2ccc(OC)cc2)cc1. The molecule has 2 heterocycles. The van der Waals surface area contributed by atoms with Crippen LogP contribution < -0.4 is 19.3 Å². The molecule has 0 saturated carbocycles. The number of benzene rings is 2. The first-order valence-electron chi connectivity index (χ1n) is 8.00. The summed E-state index contributed by atoms with van der Waals surface area (Å²) in [7, 11) is 3.26. The van der Waals surface area contributed by atoms with Crippen LogP contribution in [0.1, 0.15) is 0 Å². The first-order valence-corrected chi connectivity index (χ1v) is 8.00. The number of hydrogen-bond donors (Lipinski definition) is 0. The van der Waals surface area contributed by atoms with Gasteiger partial charge in [-0.15, -0.1) is 0 Å². The average Bonchev–Trinajstić information content (AvgIpc) is 3.18. The van der Waals surface area contributed by atoms with Gasteiger partial charge in [-0.25, -0.2) is 4.79 Å². The van der Waals surface area contributed by atoms with E-state index in [4.69, 9.17) is 14.3 Å². The fourth-order valence-corrected chi connectivity index (χ4v) is 3.17. The van der Waals surface area contributed by atoms with E-state index >= 15 is 0 Å². The summed E-state index contributed by atoms with van der Waals surface area (Å²) in [5, 5.41) is 1.71. The average molecular weight is 341 g/mol. The molecule has 2 fully saturated rings. The first kappa shape index (κ1) is 15.6. The number of anilines is 2. The van der Waals surface area contributed by atoms with Gasteiger partial charge in [0.2, 0.25) is 0 Å². The van der Waals surface area contributed by atoms with E-state index in [0.29, 0.717) is 13.2 Å². The fraction of sp³-hybridized carbons (Fsp3) is 0.278. The van der Waals surface area contributed by atoms with Gasteiger partial charge in [-0.2, -0.15) is 0 Å². The monoisotopic (exact) mass is 341 g/mol. The van der Waals surface area contributed by atoms with Crippen molar-refractivity contribution in [2.45, 2.75) is 6.17 Å². The third-order valence-corrected chi connectivity index (χ3v) is 4.50. The zero-order valence-corrected chi connectivity index (χ0v) is 14.1. The van der Waals surface area contributed by atoms with Crippen LogP contribution in [0.15, 0.2) is 48.5 Å². The number of nitrogens with zero attached hydrogens (tertiary/aromatic N) is 3. The molecule has 2 aliphatic heterocycles. The number of fused-ring (bicyclic) bond motifs is 1. The van der Waals surface area contributed by atoms with E-state index in [9.17, 15) is 4.79 Å². The lowest BCUT2D eigenvalue weighted by atomic mass is 10.2. The van der Waals surface area contributed by atoms with Gasteiger partial charge in [-0.1, -0.05) is 5.06 Å². The molecule has 130 valence electrons. The summed E-state index contributed by atoms with van der Waals surface area (Å²) in [5.41, 5.74) is 1.84. The second kappa shape index (κ2) is 6.18. The molecule has 0 bridgehead atoms. The zero-order chi connectivity index (χ0) is 17.4. The smallest absolute Gasteiger partial charge is 0.435 e. The second-order valence-corrected chi connectivity index (χ2v) is 5.88. The van der Waals surface area contributed by atoms with Gasteiger partial charge < -0.3 is 19.2 Å². The first-order chi connectivity index (χ1) is 12.2. The Balaban J connectivity index is 1.54. The summed E-state index contributed by atoms with van der Waals surface area (Å²) in [4.78, 5) is 21.5. The normalized spacial score (nSPS) is 19.8. The molecule has 2 aromatic carbocycles. The maximum absolute atomic E-state index is 12.3. The predicted molar refractivity (Wildman–Crippen MR) is 92.8 cm³/mol. The molecule has 4 rings (SSSR count). The van der Waals surface area contributed by atoms with E-state index < -0.39 is 0 Å². The van der Waals surface area contributed by atoms with Crippen LogP contribution in [0.25, 0.3) is 0 Å². The Labute approximate surface area is 145 Å². The van der Waals surface area contributed by atoms with Crippen LogP contribution in [0.5, 0.6) is 11.5 Å². The Kier molecular flexibility index (Phi) is 3.85. The van der Waals surface area contributed by atoms with Gasteiger partial charge in [0.1, 0.15) is 24.3 Å². The second-order valence-electron chi connectivity index (χ2n) is 5.88. The van der Waals surface area contributed by atoms with Crippen molar-refractivity contribution in [3.05, 3.63) is 48.5 Å². The minimum atomic E-state index is -0.357. The molecule has 7 nitrogen and oxygen atoms in total. The third kappa shape index (κ3) is 2.72. The summed E-state index contributed by atoms with van der Waals surface area (Å²) >= 11 is 0. The van der Waals surface area contributed by atoms with Gasteiger partial charge in [0.15, 0.2) is 0 Å². The highest BCUT2D eigenvalue weighted by molar-refractivity contribution is 5.90. The maximum atomic E-state index is 12.3. The standard InChI is InChI=1S/C18H19N3O4/c1-23-15-7-3-13(4-8-15)19-11-17-20(12-19)25-18(22)21(17)14-5-9-16(24-2)10-6-14/h3-10,17H,11-12H2,1-2H3. The number of ether oxygens (including phenoxy) is 2. The lowest BCUT2D eigenvalue weighted by Gasteiger charge is -2.22. The summed E-state index contributed by atoms with van der Waals surface area (Å²) in [5.74, 6) is 1.56. The Morgan fingerprint density at radius 1 is 0.920 bits per heavy atom. The molecular weight excluding hydrogens is 322 g/mol. The molecule has 1 atom stereocenters. The van der Waals surface area contributed by atoms with Crippen molar-refractivity contribution in [2.75, 3.05) is 37.2 Å². The molecule has 2 aromatic rings. The minimum absolute atomic E-state index is 0.164. The van der Waals surface area contributed by atoms with Crippen molar-refractivity contribution < 1.29 is 19.1 Å². The molecule has 0 spiro atoms. The van der Waals surface area contributed by atoms with Crippen LogP contribution in [0.2, 0.25) is 0 Å². The molecule has 0 radical (unpaired) electrons. The van der Waals surface area contributed by atoms with Gasteiger partial charge in [0.25, 0.3) is 0 Å².